The smallest absolute Gasteiger partial charge is 0.224 e. The van der Waals surface area contributed by atoms with Crippen molar-refractivity contribution < 1.29 is 0 Å². The van der Waals surface area contributed by atoms with Crippen LogP contribution in [0.25, 0.3) is 0 Å². The molecular weight excluding hydrogens is 234 g/mol. The van der Waals surface area contributed by atoms with Gasteiger partial charge in [0.05, 0.1) is 0 Å². The van der Waals surface area contributed by atoms with Crippen molar-refractivity contribution in [2.45, 2.75) is 44.9 Å². The maximum Gasteiger partial charge on any atom is 0.224 e. The minimum atomic E-state index is 0.310. The SMILES string of the molecule is Clc1nccc(NCCC2CCCCCC2)n1. The highest BCUT2D eigenvalue weighted by molar-refractivity contribution is 6.28. The predicted octanol–water partition coefficient (Wildman–Crippen LogP) is 3.90. The summed E-state index contributed by atoms with van der Waals surface area (Å²) in [6, 6.07) is 1.86. The quantitative estimate of drug-likeness (QED) is 0.653. The van der Waals surface area contributed by atoms with Crippen molar-refractivity contribution in [1.82, 2.24) is 9.97 Å². The Morgan fingerprint density at radius 1 is 1.24 bits per heavy atom. The fourth-order valence-electron chi connectivity index (χ4n) is 2.49. The number of halogens is 1. The van der Waals surface area contributed by atoms with Crippen molar-refractivity contribution >= 4 is 17.4 Å². The molecule has 4 heteroatoms. The number of hydrogen-bond donors (Lipinski definition) is 1. The van der Waals surface area contributed by atoms with Crippen LogP contribution < -0.4 is 5.32 Å². The van der Waals surface area contributed by atoms with Gasteiger partial charge >= 0.3 is 0 Å². The topological polar surface area (TPSA) is 37.8 Å². The van der Waals surface area contributed by atoms with Gasteiger partial charge in [-0.2, -0.15) is 0 Å². The summed E-state index contributed by atoms with van der Waals surface area (Å²) >= 11 is 5.73. The van der Waals surface area contributed by atoms with Crippen LogP contribution in [0.1, 0.15) is 44.9 Å². The molecule has 0 aromatic carbocycles. The molecule has 2 rings (SSSR count). The standard InChI is InChI=1S/C13H20ClN3/c14-13-16-10-8-12(17-13)15-9-7-11-5-3-1-2-4-6-11/h8,10-11H,1-7,9H2,(H,15,16,17). The second kappa shape index (κ2) is 6.80. The van der Waals surface area contributed by atoms with Crippen molar-refractivity contribution in [2.75, 3.05) is 11.9 Å². The van der Waals surface area contributed by atoms with Crippen molar-refractivity contribution in [3.05, 3.63) is 17.5 Å². The van der Waals surface area contributed by atoms with Crippen LogP contribution in [0.2, 0.25) is 5.28 Å². The maximum absolute atomic E-state index is 5.73. The highest BCUT2D eigenvalue weighted by atomic mass is 35.5. The third kappa shape index (κ3) is 4.50. The molecule has 0 saturated heterocycles. The molecule has 17 heavy (non-hydrogen) atoms. The van der Waals surface area contributed by atoms with E-state index in [1.54, 1.807) is 6.20 Å². The van der Waals surface area contributed by atoms with E-state index in [2.05, 4.69) is 15.3 Å². The van der Waals surface area contributed by atoms with Crippen LogP contribution in [0, 0.1) is 5.92 Å². The van der Waals surface area contributed by atoms with E-state index in [-0.39, 0.29) is 0 Å². The summed E-state index contributed by atoms with van der Waals surface area (Å²) in [4.78, 5) is 7.98. The summed E-state index contributed by atoms with van der Waals surface area (Å²) in [6.07, 6.45) is 11.4. The lowest BCUT2D eigenvalue weighted by Crippen LogP contribution is -2.09. The predicted molar refractivity (Wildman–Crippen MR) is 71.3 cm³/mol. The second-order valence-corrected chi connectivity index (χ2v) is 5.12. The number of nitrogens with one attached hydrogen (secondary N) is 1. The van der Waals surface area contributed by atoms with Crippen molar-refractivity contribution in [3.8, 4) is 0 Å². The molecule has 0 bridgehead atoms. The molecule has 1 aromatic rings. The third-order valence-electron chi connectivity index (χ3n) is 3.46. The van der Waals surface area contributed by atoms with Crippen LogP contribution in [0.4, 0.5) is 5.82 Å². The van der Waals surface area contributed by atoms with Gasteiger partial charge in [-0.15, -0.1) is 0 Å². The van der Waals surface area contributed by atoms with E-state index in [0.717, 1.165) is 18.3 Å². The van der Waals surface area contributed by atoms with Crippen LogP contribution >= 0.6 is 11.6 Å². The third-order valence-corrected chi connectivity index (χ3v) is 3.64. The molecule has 1 aliphatic rings. The fourth-order valence-corrected chi connectivity index (χ4v) is 2.64. The fraction of sp³-hybridized carbons (Fsp3) is 0.692. The first-order chi connectivity index (χ1) is 8.34. The van der Waals surface area contributed by atoms with Gasteiger partial charge in [0.2, 0.25) is 5.28 Å². The Balaban J connectivity index is 1.71. The van der Waals surface area contributed by atoms with Crippen molar-refractivity contribution in [2.24, 2.45) is 5.92 Å². The minimum Gasteiger partial charge on any atom is -0.370 e. The normalized spacial score (nSPS) is 17.7. The van der Waals surface area contributed by atoms with E-state index >= 15 is 0 Å². The molecule has 1 fully saturated rings. The van der Waals surface area contributed by atoms with E-state index in [4.69, 9.17) is 11.6 Å². The molecule has 1 N–H and O–H groups in total. The van der Waals surface area contributed by atoms with E-state index < -0.39 is 0 Å². The summed E-state index contributed by atoms with van der Waals surface area (Å²) in [5, 5.41) is 3.63. The van der Waals surface area contributed by atoms with Gasteiger partial charge in [0.15, 0.2) is 0 Å². The van der Waals surface area contributed by atoms with Gasteiger partial charge in [0, 0.05) is 12.7 Å². The maximum atomic E-state index is 5.73. The molecule has 1 aliphatic carbocycles. The molecule has 0 atom stereocenters. The number of anilines is 1. The van der Waals surface area contributed by atoms with Crippen molar-refractivity contribution in [3.63, 3.8) is 0 Å². The first kappa shape index (κ1) is 12.6. The molecule has 1 saturated carbocycles. The second-order valence-electron chi connectivity index (χ2n) is 4.78. The minimum absolute atomic E-state index is 0.310. The summed E-state index contributed by atoms with van der Waals surface area (Å²) in [5.74, 6) is 1.72. The zero-order valence-corrected chi connectivity index (χ0v) is 10.9. The lowest BCUT2D eigenvalue weighted by atomic mass is 9.97. The Hall–Kier alpha value is -0.830. The van der Waals surface area contributed by atoms with Crippen molar-refractivity contribution in [1.29, 1.82) is 0 Å². The molecule has 3 nitrogen and oxygen atoms in total. The average molecular weight is 254 g/mol. The number of hydrogen-bond acceptors (Lipinski definition) is 3. The average Bonchev–Trinajstić information content (AvgIpc) is 2.58. The molecule has 0 aliphatic heterocycles. The van der Waals surface area contributed by atoms with Crippen LogP contribution in [0.5, 0.6) is 0 Å². The van der Waals surface area contributed by atoms with Crippen LogP contribution in [-0.2, 0) is 0 Å². The van der Waals surface area contributed by atoms with Crippen LogP contribution in [0.15, 0.2) is 12.3 Å². The Kier molecular flexibility index (Phi) is 5.05. The van der Waals surface area contributed by atoms with E-state index in [1.165, 1.54) is 44.9 Å². The summed E-state index contributed by atoms with van der Waals surface area (Å²) in [5.41, 5.74) is 0. The van der Waals surface area contributed by atoms with Crippen LogP contribution in [0.3, 0.4) is 0 Å². The molecule has 0 radical (unpaired) electrons. The van der Waals surface area contributed by atoms with Crippen LogP contribution in [-0.4, -0.2) is 16.5 Å². The van der Waals surface area contributed by atoms with E-state index in [0.29, 0.717) is 5.28 Å². The van der Waals surface area contributed by atoms with Gasteiger partial charge in [-0.1, -0.05) is 38.5 Å². The van der Waals surface area contributed by atoms with Gasteiger partial charge in [-0.25, -0.2) is 9.97 Å². The molecule has 94 valence electrons. The monoisotopic (exact) mass is 253 g/mol. The Bertz CT molecular complexity index is 335. The van der Waals surface area contributed by atoms with E-state index in [9.17, 15) is 0 Å². The largest absolute Gasteiger partial charge is 0.370 e. The Morgan fingerprint density at radius 3 is 2.71 bits per heavy atom. The number of nitrogens with zero attached hydrogens (tertiary/aromatic N) is 2. The Morgan fingerprint density at radius 2 is 2.00 bits per heavy atom. The lowest BCUT2D eigenvalue weighted by Gasteiger charge is -2.14. The molecule has 0 amide bonds. The summed E-state index contributed by atoms with van der Waals surface area (Å²) < 4.78 is 0. The summed E-state index contributed by atoms with van der Waals surface area (Å²) in [6.45, 7) is 0.984. The lowest BCUT2D eigenvalue weighted by molar-refractivity contribution is 0.439. The zero-order valence-electron chi connectivity index (χ0n) is 10.2. The number of rotatable bonds is 4. The summed E-state index contributed by atoms with van der Waals surface area (Å²) in [7, 11) is 0. The molecular formula is C13H20ClN3. The molecule has 0 spiro atoms. The Labute approximate surface area is 108 Å². The van der Waals surface area contributed by atoms with Gasteiger partial charge in [-0.05, 0) is 30.0 Å². The van der Waals surface area contributed by atoms with Gasteiger partial charge < -0.3 is 5.32 Å². The van der Waals surface area contributed by atoms with Gasteiger partial charge in [0.25, 0.3) is 0 Å². The first-order valence-electron chi connectivity index (χ1n) is 6.57. The number of aromatic nitrogens is 2. The zero-order chi connectivity index (χ0) is 11.9. The molecule has 0 unspecified atom stereocenters. The molecule has 1 aromatic heterocycles. The highest BCUT2D eigenvalue weighted by Gasteiger charge is 2.11. The van der Waals surface area contributed by atoms with Gasteiger partial charge in [0.1, 0.15) is 5.82 Å². The van der Waals surface area contributed by atoms with Gasteiger partial charge in [-0.3, -0.25) is 0 Å². The highest BCUT2D eigenvalue weighted by Crippen LogP contribution is 2.25. The molecule has 1 heterocycles. The first-order valence-corrected chi connectivity index (χ1v) is 6.95. The van der Waals surface area contributed by atoms with E-state index in [1.807, 2.05) is 6.07 Å².